The fraction of sp³-hybridized carbons (Fsp3) is 0.111. The number of alkyl halides is 3. The summed E-state index contributed by atoms with van der Waals surface area (Å²) in [6.07, 6.45) is -2.10. The van der Waals surface area contributed by atoms with E-state index in [-0.39, 0.29) is 5.69 Å². The molecule has 0 unspecified atom stereocenters. The Hall–Kier alpha value is -3.29. The molecule has 26 heavy (non-hydrogen) atoms. The number of anilines is 1. The Bertz CT molecular complexity index is 892. The molecule has 0 atom stereocenters. The third kappa shape index (κ3) is 4.85. The van der Waals surface area contributed by atoms with E-state index in [1.807, 2.05) is 18.2 Å². The van der Waals surface area contributed by atoms with E-state index in [1.165, 1.54) is 0 Å². The van der Waals surface area contributed by atoms with Crippen molar-refractivity contribution >= 4 is 11.6 Å². The fourth-order valence-corrected chi connectivity index (χ4v) is 2.23. The first-order valence-electron chi connectivity index (χ1n) is 7.62. The van der Waals surface area contributed by atoms with E-state index >= 15 is 0 Å². The summed E-state index contributed by atoms with van der Waals surface area (Å²) in [6.45, 7) is -1.22. The second kappa shape index (κ2) is 7.30. The number of nitrogens with zero attached hydrogens (tertiary/aromatic N) is 2. The zero-order chi connectivity index (χ0) is 18.6. The first-order chi connectivity index (χ1) is 12.4. The lowest BCUT2D eigenvalue weighted by Crippen LogP contribution is -2.18. The van der Waals surface area contributed by atoms with E-state index in [9.17, 15) is 18.0 Å². The van der Waals surface area contributed by atoms with Gasteiger partial charge in [0.15, 0.2) is 0 Å². The second-order valence-corrected chi connectivity index (χ2v) is 5.44. The van der Waals surface area contributed by atoms with Crippen LogP contribution in [0.1, 0.15) is 10.4 Å². The van der Waals surface area contributed by atoms with E-state index in [0.717, 1.165) is 12.4 Å². The molecule has 8 heteroatoms. The molecule has 3 rings (SSSR count). The molecule has 1 amide bonds. The highest BCUT2D eigenvalue weighted by Gasteiger charge is 2.28. The van der Waals surface area contributed by atoms with Crippen molar-refractivity contribution in [1.82, 2.24) is 9.78 Å². The molecule has 0 radical (unpaired) electrons. The summed E-state index contributed by atoms with van der Waals surface area (Å²) >= 11 is 0. The number of aromatic nitrogens is 2. The molecule has 1 N–H and O–H groups in total. The fourth-order valence-electron chi connectivity index (χ4n) is 2.23. The summed E-state index contributed by atoms with van der Waals surface area (Å²) in [5, 5.41) is 6.09. The highest BCUT2D eigenvalue weighted by molar-refractivity contribution is 6.04. The molecule has 0 spiro atoms. The van der Waals surface area contributed by atoms with Gasteiger partial charge < -0.3 is 10.1 Å². The van der Waals surface area contributed by atoms with Crippen molar-refractivity contribution in [3.8, 4) is 11.5 Å². The highest BCUT2D eigenvalue weighted by atomic mass is 19.4. The van der Waals surface area contributed by atoms with Crippen molar-refractivity contribution in [1.29, 1.82) is 0 Å². The van der Waals surface area contributed by atoms with Crippen molar-refractivity contribution in [2.45, 2.75) is 12.7 Å². The molecule has 1 aromatic heterocycles. The van der Waals surface area contributed by atoms with Gasteiger partial charge in [0.05, 0.1) is 11.9 Å². The molecule has 1 heterocycles. The van der Waals surface area contributed by atoms with Crippen LogP contribution in [-0.4, -0.2) is 21.9 Å². The molecule has 2 aromatic carbocycles. The van der Waals surface area contributed by atoms with E-state index in [0.29, 0.717) is 21.7 Å². The Morgan fingerprint density at radius 1 is 1.08 bits per heavy atom. The van der Waals surface area contributed by atoms with Gasteiger partial charge in [0, 0.05) is 11.8 Å². The monoisotopic (exact) mass is 361 g/mol. The number of benzene rings is 2. The lowest BCUT2D eigenvalue weighted by atomic mass is 10.2. The minimum absolute atomic E-state index is 0.175. The number of carbonyl (C=O) groups is 1. The number of ether oxygens (including phenoxy) is 1. The zero-order valence-electron chi connectivity index (χ0n) is 13.4. The predicted octanol–water partition coefficient (Wildman–Crippen LogP) is 4.49. The number of rotatable bonds is 5. The quantitative estimate of drug-likeness (QED) is 0.728. The minimum Gasteiger partial charge on any atom is -0.457 e. The maximum absolute atomic E-state index is 12.3. The largest absolute Gasteiger partial charge is 0.457 e. The SMILES string of the molecule is O=C(Nc1cnn(CC(F)(F)F)c1)c1cccc(Oc2ccccc2)c1. The summed E-state index contributed by atoms with van der Waals surface area (Å²) in [5.74, 6) is 0.616. The van der Waals surface area contributed by atoms with E-state index in [4.69, 9.17) is 4.74 Å². The Morgan fingerprint density at radius 2 is 1.81 bits per heavy atom. The first kappa shape index (κ1) is 17.5. The molecular formula is C18H14F3N3O2. The lowest BCUT2D eigenvalue weighted by molar-refractivity contribution is -0.142. The first-order valence-corrected chi connectivity index (χ1v) is 7.62. The standard InChI is InChI=1S/C18H14F3N3O2/c19-18(20,21)12-24-11-14(10-22-24)23-17(25)13-5-4-8-16(9-13)26-15-6-2-1-3-7-15/h1-11H,12H2,(H,23,25). The van der Waals surface area contributed by atoms with Crippen molar-refractivity contribution in [3.05, 3.63) is 72.6 Å². The number of amides is 1. The molecule has 0 saturated heterocycles. The Labute approximate surface area is 147 Å². The molecule has 0 aliphatic rings. The number of halogens is 3. The van der Waals surface area contributed by atoms with E-state index in [2.05, 4.69) is 10.4 Å². The lowest BCUT2D eigenvalue weighted by Gasteiger charge is -2.08. The van der Waals surface area contributed by atoms with Gasteiger partial charge in [-0.3, -0.25) is 9.48 Å². The maximum Gasteiger partial charge on any atom is 0.408 e. The van der Waals surface area contributed by atoms with Gasteiger partial charge in [-0.05, 0) is 30.3 Å². The number of para-hydroxylation sites is 1. The van der Waals surface area contributed by atoms with Crippen LogP contribution in [0.3, 0.4) is 0 Å². The number of hydrogen-bond donors (Lipinski definition) is 1. The molecule has 0 aliphatic carbocycles. The summed E-state index contributed by atoms with van der Waals surface area (Å²) < 4.78 is 43.4. The molecule has 134 valence electrons. The third-order valence-corrected chi connectivity index (χ3v) is 3.31. The van der Waals surface area contributed by atoms with Crippen LogP contribution in [0.2, 0.25) is 0 Å². The van der Waals surface area contributed by atoms with Gasteiger partial charge in [-0.2, -0.15) is 18.3 Å². The van der Waals surface area contributed by atoms with Crippen LogP contribution in [0.25, 0.3) is 0 Å². The van der Waals surface area contributed by atoms with Crippen LogP contribution < -0.4 is 10.1 Å². The normalized spacial score (nSPS) is 11.2. The molecule has 0 saturated carbocycles. The smallest absolute Gasteiger partial charge is 0.408 e. The molecular weight excluding hydrogens is 347 g/mol. The summed E-state index contributed by atoms with van der Waals surface area (Å²) in [6, 6.07) is 15.5. The maximum atomic E-state index is 12.3. The summed E-state index contributed by atoms with van der Waals surface area (Å²) in [5.41, 5.74) is 0.482. The predicted molar refractivity (Wildman–Crippen MR) is 89.2 cm³/mol. The van der Waals surface area contributed by atoms with Crippen LogP contribution >= 0.6 is 0 Å². The number of nitrogens with one attached hydrogen (secondary N) is 1. The Morgan fingerprint density at radius 3 is 2.54 bits per heavy atom. The van der Waals surface area contributed by atoms with Crippen molar-refractivity contribution < 1.29 is 22.7 Å². The van der Waals surface area contributed by atoms with Gasteiger partial charge in [0.25, 0.3) is 5.91 Å². The van der Waals surface area contributed by atoms with E-state index in [1.54, 1.807) is 36.4 Å². The molecule has 0 aliphatic heterocycles. The van der Waals surface area contributed by atoms with Crippen LogP contribution in [0.15, 0.2) is 67.0 Å². The van der Waals surface area contributed by atoms with Crippen LogP contribution in [0.4, 0.5) is 18.9 Å². The number of carbonyl (C=O) groups excluding carboxylic acids is 1. The average Bonchev–Trinajstić information content (AvgIpc) is 3.01. The summed E-state index contributed by atoms with van der Waals surface area (Å²) in [4.78, 5) is 12.3. The second-order valence-electron chi connectivity index (χ2n) is 5.44. The molecule has 5 nitrogen and oxygen atoms in total. The van der Waals surface area contributed by atoms with Crippen LogP contribution in [-0.2, 0) is 6.54 Å². The average molecular weight is 361 g/mol. The number of hydrogen-bond acceptors (Lipinski definition) is 3. The van der Waals surface area contributed by atoms with Crippen molar-refractivity contribution in [2.75, 3.05) is 5.32 Å². The summed E-state index contributed by atoms with van der Waals surface area (Å²) in [7, 11) is 0. The van der Waals surface area contributed by atoms with Crippen LogP contribution in [0, 0.1) is 0 Å². The van der Waals surface area contributed by atoms with Crippen LogP contribution in [0.5, 0.6) is 11.5 Å². The van der Waals surface area contributed by atoms with Gasteiger partial charge in [0.1, 0.15) is 18.0 Å². The minimum atomic E-state index is -4.38. The zero-order valence-corrected chi connectivity index (χ0v) is 13.4. The van der Waals surface area contributed by atoms with Gasteiger partial charge in [-0.25, -0.2) is 0 Å². The molecule has 0 fully saturated rings. The van der Waals surface area contributed by atoms with Gasteiger partial charge in [-0.1, -0.05) is 24.3 Å². The van der Waals surface area contributed by atoms with Gasteiger partial charge in [0.2, 0.25) is 0 Å². The molecule has 3 aromatic rings. The third-order valence-electron chi connectivity index (χ3n) is 3.31. The van der Waals surface area contributed by atoms with Crippen molar-refractivity contribution in [2.24, 2.45) is 0 Å². The Balaban J connectivity index is 1.67. The van der Waals surface area contributed by atoms with Gasteiger partial charge in [-0.15, -0.1) is 0 Å². The topological polar surface area (TPSA) is 56.2 Å². The molecule has 0 bridgehead atoms. The van der Waals surface area contributed by atoms with Gasteiger partial charge >= 0.3 is 6.18 Å². The van der Waals surface area contributed by atoms with Crippen molar-refractivity contribution in [3.63, 3.8) is 0 Å². The Kier molecular flexibility index (Phi) is 4.92. The highest BCUT2D eigenvalue weighted by Crippen LogP contribution is 2.22. The van der Waals surface area contributed by atoms with E-state index < -0.39 is 18.6 Å².